The van der Waals surface area contributed by atoms with Crippen LogP contribution in [0.5, 0.6) is 0 Å². The van der Waals surface area contributed by atoms with Crippen LogP contribution in [-0.2, 0) is 16.1 Å². The lowest BCUT2D eigenvalue weighted by molar-refractivity contribution is -0.137. The maximum atomic E-state index is 12.6. The molecule has 26 heavy (non-hydrogen) atoms. The molecule has 1 N–H and O–H groups in total. The van der Waals surface area contributed by atoms with Gasteiger partial charge < -0.3 is 15.0 Å². The zero-order valence-corrected chi connectivity index (χ0v) is 16.3. The van der Waals surface area contributed by atoms with Crippen LogP contribution in [0.4, 0.5) is 0 Å². The molecule has 1 aliphatic carbocycles. The third-order valence-corrected chi connectivity index (χ3v) is 5.87. The fourth-order valence-electron chi connectivity index (χ4n) is 4.29. The van der Waals surface area contributed by atoms with Gasteiger partial charge >= 0.3 is 0 Å². The van der Waals surface area contributed by atoms with Gasteiger partial charge in [-0.1, -0.05) is 43.2 Å². The van der Waals surface area contributed by atoms with E-state index in [0.717, 1.165) is 25.3 Å². The predicted molar refractivity (Wildman–Crippen MR) is 108 cm³/mol. The topological polar surface area (TPSA) is 41.6 Å². The second-order valence-electron chi connectivity index (χ2n) is 7.42. The van der Waals surface area contributed by atoms with Crippen molar-refractivity contribution in [2.45, 2.75) is 64.0 Å². The van der Waals surface area contributed by atoms with Gasteiger partial charge in [0.1, 0.15) is 0 Å². The van der Waals surface area contributed by atoms with Crippen molar-refractivity contribution < 1.29 is 9.53 Å². The average Bonchev–Trinajstić information content (AvgIpc) is 2.70. The highest BCUT2D eigenvalue weighted by Crippen LogP contribution is 2.35. The average molecular weight is 375 g/mol. The molecule has 5 heteroatoms. The summed E-state index contributed by atoms with van der Waals surface area (Å²) in [7, 11) is 0. The zero-order chi connectivity index (χ0) is 18.2. The first-order chi connectivity index (χ1) is 12.7. The van der Waals surface area contributed by atoms with Gasteiger partial charge in [-0.15, -0.1) is 0 Å². The van der Waals surface area contributed by atoms with Crippen molar-refractivity contribution in [3.63, 3.8) is 0 Å². The number of fused-ring (bicyclic) bond motifs is 1. The summed E-state index contributed by atoms with van der Waals surface area (Å²) in [5.41, 5.74) is 1.17. The van der Waals surface area contributed by atoms with Crippen molar-refractivity contribution in [2.24, 2.45) is 5.92 Å². The van der Waals surface area contributed by atoms with E-state index in [1.54, 1.807) is 0 Å². The smallest absolute Gasteiger partial charge is 0.256 e. The lowest BCUT2D eigenvalue weighted by Gasteiger charge is -2.44. The van der Waals surface area contributed by atoms with Gasteiger partial charge in [0, 0.05) is 25.6 Å². The molecule has 0 bridgehead atoms. The highest BCUT2D eigenvalue weighted by molar-refractivity contribution is 7.80. The molecule has 1 aromatic rings. The second kappa shape index (κ2) is 9.91. The summed E-state index contributed by atoms with van der Waals surface area (Å²) in [5, 5.41) is 3.51. The molecule has 1 amide bonds. The number of piperidine rings is 1. The van der Waals surface area contributed by atoms with Gasteiger partial charge in [-0.05, 0) is 55.8 Å². The number of ether oxygens (including phenoxy) is 1. The minimum atomic E-state index is 0.299. The molecule has 0 radical (unpaired) electrons. The van der Waals surface area contributed by atoms with Crippen LogP contribution < -0.4 is 5.32 Å². The van der Waals surface area contributed by atoms with Gasteiger partial charge in [0.05, 0.1) is 6.61 Å². The van der Waals surface area contributed by atoms with E-state index in [0.29, 0.717) is 36.7 Å². The number of carbonyl (C=O) groups excluding carboxylic acids is 1. The minimum Gasteiger partial charge on any atom is -0.471 e. The van der Waals surface area contributed by atoms with Gasteiger partial charge in [-0.25, -0.2) is 0 Å². The predicted octanol–water partition coefficient (Wildman–Crippen LogP) is 4.04. The summed E-state index contributed by atoms with van der Waals surface area (Å²) < 4.78 is 5.56. The summed E-state index contributed by atoms with van der Waals surface area (Å²) in [5.74, 6) is 1.04. The SMILES string of the molecule is O=C(CCCOC(=S)NCc1ccccc1)N1CCCC2CCCCC21. The van der Waals surface area contributed by atoms with Crippen LogP contribution in [0, 0.1) is 5.92 Å². The molecular weight excluding hydrogens is 344 g/mol. The number of hydrogen-bond donors (Lipinski definition) is 1. The molecule has 1 saturated carbocycles. The number of carbonyl (C=O) groups is 1. The normalized spacial score (nSPS) is 22.4. The first-order valence-corrected chi connectivity index (χ1v) is 10.4. The van der Waals surface area contributed by atoms with E-state index in [-0.39, 0.29) is 0 Å². The molecule has 0 aromatic heterocycles. The van der Waals surface area contributed by atoms with Crippen molar-refractivity contribution in [1.29, 1.82) is 0 Å². The van der Waals surface area contributed by atoms with Gasteiger partial charge in [-0.2, -0.15) is 0 Å². The lowest BCUT2D eigenvalue weighted by atomic mass is 9.78. The largest absolute Gasteiger partial charge is 0.471 e. The van der Waals surface area contributed by atoms with Crippen LogP contribution in [-0.4, -0.2) is 35.2 Å². The third-order valence-electron chi connectivity index (χ3n) is 5.61. The van der Waals surface area contributed by atoms with Crippen molar-refractivity contribution in [2.75, 3.05) is 13.2 Å². The van der Waals surface area contributed by atoms with Crippen LogP contribution >= 0.6 is 12.2 Å². The molecule has 1 heterocycles. The highest BCUT2D eigenvalue weighted by Gasteiger charge is 2.35. The molecule has 2 atom stereocenters. The Morgan fingerprint density at radius 1 is 1.15 bits per heavy atom. The molecule has 142 valence electrons. The van der Waals surface area contributed by atoms with E-state index in [1.807, 2.05) is 30.3 Å². The van der Waals surface area contributed by atoms with E-state index < -0.39 is 0 Å². The number of hydrogen-bond acceptors (Lipinski definition) is 3. The summed E-state index contributed by atoms with van der Waals surface area (Å²) >= 11 is 5.20. The minimum absolute atomic E-state index is 0.299. The Morgan fingerprint density at radius 3 is 2.77 bits per heavy atom. The summed E-state index contributed by atoms with van der Waals surface area (Å²) in [6.45, 7) is 2.10. The van der Waals surface area contributed by atoms with Crippen molar-refractivity contribution in [1.82, 2.24) is 10.2 Å². The molecule has 0 spiro atoms. The van der Waals surface area contributed by atoms with Crippen molar-refractivity contribution >= 4 is 23.3 Å². The molecule has 1 aromatic carbocycles. The fraction of sp³-hybridized carbons (Fsp3) is 0.619. The molecule has 4 nitrogen and oxygen atoms in total. The molecule has 1 saturated heterocycles. The molecule has 2 fully saturated rings. The van der Waals surface area contributed by atoms with E-state index >= 15 is 0 Å². The van der Waals surface area contributed by atoms with Gasteiger partial charge in [0.2, 0.25) is 5.91 Å². The molecule has 3 rings (SSSR count). The quantitative estimate of drug-likeness (QED) is 0.603. The van der Waals surface area contributed by atoms with Crippen LogP contribution in [0.15, 0.2) is 30.3 Å². The van der Waals surface area contributed by atoms with Gasteiger partial charge in [0.15, 0.2) is 0 Å². The monoisotopic (exact) mass is 374 g/mol. The Bertz CT molecular complexity index is 591. The van der Waals surface area contributed by atoms with E-state index in [9.17, 15) is 4.79 Å². The fourth-order valence-corrected chi connectivity index (χ4v) is 4.44. The maximum absolute atomic E-state index is 12.6. The molecular formula is C21H30N2O2S. The third kappa shape index (κ3) is 5.44. The van der Waals surface area contributed by atoms with Crippen molar-refractivity contribution in [3.8, 4) is 0 Å². The lowest BCUT2D eigenvalue weighted by Crippen LogP contribution is -2.49. The summed E-state index contributed by atoms with van der Waals surface area (Å²) in [6, 6.07) is 10.6. The van der Waals surface area contributed by atoms with E-state index in [2.05, 4.69) is 10.2 Å². The van der Waals surface area contributed by atoms with Gasteiger partial charge in [-0.3, -0.25) is 4.79 Å². The first kappa shape index (κ1) is 19.2. The summed E-state index contributed by atoms with van der Waals surface area (Å²) in [4.78, 5) is 14.8. The van der Waals surface area contributed by atoms with Crippen LogP contribution in [0.1, 0.15) is 56.9 Å². The Kier molecular flexibility index (Phi) is 7.30. The highest BCUT2D eigenvalue weighted by atomic mass is 32.1. The number of thiocarbonyl (C=S) groups is 1. The molecule has 2 unspecified atom stereocenters. The van der Waals surface area contributed by atoms with Crippen molar-refractivity contribution in [3.05, 3.63) is 35.9 Å². The van der Waals surface area contributed by atoms with Crippen LogP contribution in [0.2, 0.25) is 0 Å². The zero-order valence-electron chi connectivity index (χ0n) is 15.5. The first-order valence-electron chi connectivity index (χ1n) is 9.98. The van der Waals surface area contributed by atoms with Gasteiger partial charge in [0.25, 0.3) is 5.17 Å². The van der Waals surface area contributed by atoms with E-state index in [4.69, 9.17) is 17.0 Å². The molecule has 2 aliphatic rings. The number of amides is 1. The number of likely N-dealkylation sites (tertiary alicyclic amines) is 1. The summed E-state index contributed by atoms with van der Waals surface area (Å²) in [6.07, 6.45) is 8.86. The Morgan fingerprint density at radius 2 is 1.92 bits per heavy atom. The van der Waals surface area contributed by atoms with Crippen LogP contribution in [0.25, 0.3) is 0 Å². The second-order valence-corrected chi connectivity index (χ2v) is 7.79. The Balaban J connectivity index is 1.32. The van der Waals surface area contributed by atoms with Crippen LogP contribution in [0.3, 0.4) is 0 Å². The number of rotatable bonds is 6. The standard InChI is InChI=1S/C21H30N2O2S/c24-20(23-14-6-11-18-10-4-5-12-19(18)23)13-7-15-25-21(26)22-16-17-8-2-1-3-9-17/h1-3,8-9,18-19H,4-7,10-16H2,(H,22,26). The Hall–Kier alpha value is -1.62. The maximum Gasteiger partial charge on any atom is 0.256 e. The number of benzene rings is 1. The molecule has 1 aliphatic heterocycles. The Labute approximate surface area is 162 Å². The van der Waals surface area contributed by atoms with E-state index in [1.165, 1.54) is 37.7 Å². The number of nitrogens with one attached hydrogen (secondary N) is 1. The number of nitrogens with zero attached hydrogens (tertiary/aromatic N) is 1.